The number of aryl methyl sites for hydroxylation is 1. The monoisotopic (exact) mass is 504 g/mol. The van der Waals surface area contributed by atoms with Crippen molar-refractivity contribution < 1.29 is 9.53 Å². The molecule has 2 heterocycles. The maximum atomic E-state index is 11.3. The van der Waals surface area contributed by atoms with E-state index in [4.69, 9.17) is 0 Å². The van der Waals surface area contributed by atoms with Gasteiger partial charge >= 0.3 is 5.97 Å². The Bertz CT molecular complexity index is 799. The highest BCUT2D eigenvalue weighted by atomic mass is 127. The zero-order chi connectivity index (χ0) is 20.0. The maximum absolute atomic E-state index is 11.3. The van der Waals surface area contributed by atoms with Crippen molar-refractivity contribution in [3.8, 4) is 0 Å². The van der Waals surface area contributed by atoms with Gasteiger partial charge in [0.15, 0.2) is 5.96 Å². The molecule has 0 amide bonds. The summed E-state index contributed by atoms with van der Waals surface area (Å²) in [5, 5.41) is 15.8. The number of carbonyl (C=O) groups excluding carboxylic acids is 1. The molecule has 0 saturated heterocycles. The lowest BCUT2D eigenvalue weighted by atomic mass is 10.1. The van der Waals surface area contributed by atoms with Crippen LogP contribution in [0.4, 0.5) is 0 Å². The van der Waals surface area contributed by atoms with Gasteiger partial charge in [-0.15, -0.1) is 29.1 Å². The van der Waals surface area contributed by atoms with Gasteiger partial charge in [-0.05, 0) is 5.92 Å². The Kier molecular flexibility index (Phi) is 9.35. The van der Waals surface area contributed by atoms with Gasteiger partial charge in [-0.2, -0.15) is 5.10 Å². The number of rotatable bonds is 7. The Morgan fingerprint density at radius 3 is 2.71 bits per heavy atom. The summed E-state index contributed by atoms with van der Waals surface area (Å²) in [6.07, 6.45) is 3.74. The fourth-order valence-corrected chi connectivity index (χ4v) is 2.74. The van der Waals surface area contributed by atoms with Gasteiger partial charge < -0.3 is 15.0 Å². The van der Waals surface area contributed by atoms with E-state index in [1.54, 1.807) is 13.2 Å². The van der Waals surface area contributed by atoms with Crippen LogP contribution in [0.15, 0.2) is 17.4 Å². The molecule has 1 N–H and O–H groups in total. The molecule has 28 heavy (non-hydrogen) atoms. The number of methoxy groups -OCH3 is 1. The SMILES string of the molecule is CN=C(NCc1cn(CC(=O)OC)nn1)N(C)Cc1cn(C)nc1C(C)C.I. The first-order valence-electron chi connectivity index (χ1n) is 8.74. The van der Waals surface area contributed by atoms with Crippen LogP contribution in [0.1, 0.15) is 36.7 Å². The minimum atomic E-state index is -0.368. The normalized spacial score (nSPS) is 11.3. The topological polar surface area (TPSA) is 102 Å². The molecule has 0 spiro atoms. The van der Waals surface area contributed by atoms with E-state index in [0.717, 1.165) is 11.7 Å². The van der Waals surface area contributed by atoms with Crippen LogP contribution >= 0.6 is 24.0 Å². The highest BCUT2D eigenvalue weighted by Gasteiger charge is 2.15. The highest BCUT2D eigenvalue weighted by molar-refractivity contribution is 14.0. The van der Waals surface area contributed by atoms with Crippen LogP contribution < -0.4 is 5.32 Å². The Balaban J connectivity index is 0.00000392. The number of nitrogens with zero attached hydrogens (tertiary/aromatic N) is 7. The molecular formula is C17H29IN8O2. The number of aliphatic imine (C=N–C) groups is 1. The third-order valence-electron chi connectivity index (χ3n) is 4.00. The van der Waals surface area contributed by atoms with Crippen molar-refractivity contribution in [2.24, 2.45) is 12.0 Å². The minimum absolute atomic E-state index is 0. The van der Waals surface area contributed by atoms with Gasteiger partial charge in [0.1, 0.15) is 12.2 Å². The summed E-state index contributed by atoms with van der Waals surface area (Å²) in [6.45, 7) is 5.45. The molecule has 0 aliphatic carbocycles. The molecule has 0 radical (unpaired) electrons. The van der Waals surface area contributed by atoms with E-state index in [1.807, 2.05) is 29.9 Å². The fourth-order valence-electron chi connectivity index (χ4n) is 2.74. The Labute approximate surface area is 182 Å². The number of hydrogen-bond acceptors (Lipinski definition) is 6. The van der Waals surface area contributed by atoms with E-state index in [0.29, 0.717) is 24.7 Å². The molecule has 0 aromatic carbocycles. The molecule has 0 fully saturated rings. The van der Waals surface area contributed by atoms with Gasteiger partial charge in [0, 0.05) is 39.4 Å². The molecule has 2 aromatic rings. The summed E-state index contributed by atoms with van der Waals surface area (Å²) in [4.78, 5) is 17.6. The molecular weight excluding hydrogens is 475 g/mol. The quantitative estimate of drug-likeness (QED) is 0.261. The molecule has 10 nitrogen and oxygen atoms in total. The summed E-state index contributed by atoms with van der Waals surface area (Å²) >= 11 is 0. The number of aromatic nitrogens is 5. The lowest BCUT2D eigenvalue weighted by molar-refractivity contribution is -0.141. The minimum Gasteiger partial charge on any atom is -0.468 e. The Morgan fingerprint density at radius 2 is 2.11 bits per heavy atom. The number of hydrogen-bond donors (Lipinski definition) is 1. The molecule has 2 rings (SSSR count). The molecule has 0 unspecified atom stereocenters. The van der Waals surface area contributed by atoms with Crippen LogP contribution in [0, 0.1) is 0 Å². The molecule has 2 aromatic heterocycles. The number of nitrogens with one attached hydrogen (secondary N) is 1. The number of halogens is 1. The van der Waals surface area contributed by atoms with Crippen LogP contribution in [0.2, 0.25) is 0 Å². The van der Waals surface area contributed by atoms with Crippen molar-refractivity contribution in [2.75, 3.05) is 21.2 Å². The fraction of sp³-hybridized carbons (Fsp3) is 0.588. The maximum Gasteiger partial charge on any atom is 0.327 e. The molecule has 156 valence electrons. The van der Waals surface area contributed by atoms with Gasteiger partial charge in [0.2, 0.25) is 0 Å². The smallest absolute Gasteiger partial charge is 0.327 e. The summed E-state index contributed by atoms with van der Waals surface area (Å²) in [6, 6.07) is 0. The number of ether oxygens (including phenoxy) is 1. The lowest BCUT2D eigenvalue weighted by Gasteiger charge is -2.22. The molecule has 0 saturated carbocycles. The molecule has 11 heteroatoms. The average molecular weight is 504 g/mol. The second kappa shape index (κ2) is 11.0. The zero-order valence-corrected chi connectivity index (χ0v) is 19.5. The summed E-state index contributed by atoms with van der Waals surface area (Å²) in [5.41, 5.74) is 2.96. The van der Waals surface area contributed by atoms with E-state index in [2.05, 4.69) is 44.3 Å². The van der Waals surface area contributed by atoms with E-state index in [1.165, 1.54) is 17.4 Å². The predicted octanol–water partition coefficient (Wildman–Crippen LogP) is 1.13. The van der Waals surface area contributed by atoms with E-state index >= 15 is 0 Å². The largest absolute Gasteiger partial charge is 0.468 e. The van der Waals surface area contributed by atoms with Crippen LogP contribution in [0.5, 0.6) is 0 Å². The average Bonchev–Trinajstić information content (AvgIpc) is 3.21. The Morgan fingerprint density at radius 1 is 1.39 bits per heavy atom. The van der Waals surface area contributed by atoms with Gasteiger partial charge in [0.25, 0.3) is 0 Å². The first-order valence-corrected chi connectivity index (χ1v) is 8.74. The van der Waals surface area contributed by atoms with Crippen LogP contribution in [0.25, 0.3) is 0 Å². The van der Waals surface area contributed by atoms with Crippen LogP contribution in [0.3, 0.4) is 0 Å². The third kappa shape index (κ3) is 6.46. The predicted molar refractivity (Wildman–Crippen MR) is 116 cm³/mol. The summed E-state index contributed by atoms with van der Waals surface area (Å²) in [5.74, 6) is 0.720. The van der Waals surface area contributed by atoms with Crippen molar-refractivity contribution in [1.82, 2.24) is 35.0 Å². The number of guanidine groups is 1. The van der Waals surface area contributed by atoms with Crippen molar-refractivity contribution in [2.45, 2.75) is 39.4 Å². The molecule has 0 bridgehead atoms. The van der Waals surface area contributed by atoms with Crippen LogP contribution in [-0.2, 0) is 36.2 Å². The summed E-state index contributed by atoms with van der Waals surface area (Å²) < 4.78 is 7.91. The standard InChI is InChI=1S/C17H28N8O2.HI/c1-12(2)16-13(9-24(5)21-16)8-23(4)17(18-3)19-7-14-10-25(22-20-14)11-15(26)27-6;/h9-10,12H,7-8,11H2,1-6H3,(H,18,19);1H. The first kappa shape index (κ1) is 23.9. The Hall–Kier alpha value is -2.18. The number of carbonyl (C=O) groups is 1. The van der Waals surface area contributed by atoms with Gasteiger partial charge in [-0.3, -0.25) is 14.5 Å². The first-order chi connectivity index (χ1) is 12.8. The van der Waals surface area contributed by atoms with Gasteiger partial charge in [-0.25, -0.2) is 4.68 Å². The zero-order valence-electron chi connectivity index (χ0n) is 17.2. The van der Waals surface area contributed by atoms with E-state index in [-0.39, 0.29) is 36.5 Å². The molecule has 0 aliphatic rings. The van der Waals surface area contributed by atoms with Crippen molar-refractivity contribution in [3.63, 3.8) is 0 Å². The van der Waals surface area contributed by atoms with Gasteiger partial charge in [-0.1, -0.05) is 19.1 Å². The van der Waals surface area contributed by atoms with Crippen molar-refractivity contribution >= 4 is 35.9 Å². The van der Waals surface area contributed by atoms with E-state index < -0.39 is 0 Å². The second-order valence-corrected chi connectivity index (χ2v) is 6.61. The van der Waals surface area contributed by atoms with Crippen LogP contribution in [-0.4, -0.2) is 62.8 Å². The second-order valence-electron chi connectivity index (χ2n) is 6.61. The van der Waals surface area contributed by atoms with E-state index in [9.17, 15) is 4.79 Å². The highest BCUT2D eigenvalue weighted by Crippen LogP contribution is 2.18. The third-order valence-corrected chi connectivity index (χ3v) is 4.00. The van der Waals surface area contributed by atoms with Crippen molar-refractivity contribution in [1.29, 1.82) is 0 Å². The van der Waals surface area contributed by atoms with Crippen molar-refractivity contribution in [3.05, 3.63) is 29.3 Å². The number of esters is 1. The van der Waals surface area contributed by atoms with Gasteiger partial charge in [0.05, 0.1) is 25.5 Å². The molecule has 0 aliphatic heterocycles. The molecule has 0 atom stereocenters. The summed E-state index contributed by atoms with van der Waals surface area (Å²) in [7, 11) is 6.98. The lowest BCUT2D eigenvalue weighted by Crippen LogP contribution is -2.38.